The van der Waals surface area contributed by atoms with Crippen LogP contribution in [0.2, 0.25) is 0 Å². The molecule has 25 heavy (non-hydrogen) atoms. The number of nitro benzene ring substituents is 1. The standard InChI is InChI=1S/C15H16N2O6S2/c1-11(12-6-8-14(9-7-12)24(2,20)21)16-25(22,23)15-5-3-4-13(10-15)17(18)19/h3-11,16H,1-2H3/t11-/m0/s1. The van der Waals surface area contributed by atoms with Gasteiger partial charge in [0.15, 0.2) is 9.84 Å². The molecule has 1 N–H and O–H groups in total. The Morgan fingerprint density at radius 3 is 2.12 bits per heavy atom. The third kappa shape index (κ3) is 4.62. The molecule has 0 aromatic heterocycles. The molecule has 0 amide bonds. The summed E-state index contributed by atoms with van der Waals surface area (Å²) in [7, 11) is -7.31. The van der Waals surface area contributed by atoms with Crippen molar-refractivity contribution in [1.82, 2.24) is 4.72 Å². The van der Waals surface area contributed by atoms with Crippen molar-refractivity contribution < 1.29 is 21.8 Å². The zero-order valence-corrected chi connectivity index (χ0v) is 15.0. The van der Waals surface area contributed by atoms with Crippen molar-refractivity contribution in [1.29, 1.82) is 0 Å². The number of benzene rings is 2. The Morgan fingerprint density at radius 1 is 1.00 bits per heavy atom. The lowest BCUT2D eigenvalue weighted by atomic mass is 10.1. The van der Waals surface area contributed by atoms with Crippen molar-refractivity contribution >= 4 is 25.5 Å². The molecule has 0 radical (unpaired) electrons. The van der Waals surface area contributed by atoms with Crippen molar-refractivity contribution in [3.05, 3.63) is 64.2 Å². The zero-order chi connectivity index (χ0) is 18.8. The molecule has 8 nitrogen and oxygen atoms in total. The lowest BCUT2D eigenvalue weighted by Gasteiger charge is -2.15. The van der Waals surface area contributed by atoms with Gasteiger partial charge in [0.2, 0.25) is 10.0 Å². The Balaban J connectivity index is 2.25. The van der Waals surface area contributed by atoms with E-state index in [1.54, 1.807) is 6.92 Å². The highest BCUT2D eigenvalue weighted by Crippen LogP contribution is 2.21. The lowest BCUT2D eigenvalue weighted by molar-refractivity contribution is -0.385. The van der Waals surface area contributed by atoms with E-state index in [1.807, 2.05) is 0 Å². The molecule has 0 fully saturated rings. The van der Waals surface area contributed by atoms with Gasteiger partial charge in [-0.1, -0.05) is 18.2 Å². The van der Waals surface area contributed by atoms with Crippen molar-refractivity contribution in [3.63, 3.8) is 0 Å². The molecule has 0 aliphatic heterocycles. The minimum atomic E-state index is -3.97. The van der Waals surface area contributed by atoms with Gasteiger partial charge in [0, 0.05) is 24.4 Å². The van der Waals surface area contributed by atoms with Gasteiger partial charge in [-0.05, 0) is 30.7 Å². The van der Waals surface area contributed by atoms with Crippen LogP contribution in [-0.2, 0) is 19.9 Å². The Hall–Kier alpha value is -2.30. The van der Waals surface area contributed by atoms with Crippen LogP contribution in [0.3, 0.4) is 0 Å². The molecule has 10 heteroatoms. The summed E-state index contributed by atoms with van der Waals surface area (Å²) in [6, 6.07) is 9.87. The third-order valence-corrected chi connectivity index (χ3v) is 6.15. The first kappa shape index (κ1) is 19.0. The van der Waals surface area contributed by atoms with E-state index in [4.69, 9.17) is 0 Å². The first-order valence-electron chi connectivity index (χ1n) is 7.07. The molecule has 0 spiro atoms. The van der Waals surface area contributed by atoms with E-state index in [-0.39, 0.29) is 15.5 Å². The summed E-state index contributed by atoms with van der Waals surface area (Å²) in [6.45, 7) is 1.59. The molecule has 0 saturated heterocycles. The number of rotatable bonds is 6. The fourth-order valence-electron chi connectivity index (χ4n) is 2.14. The summed E-state index contributed by atoms with van der Waals surface area (Å²) < 4.78 is 50.1. The minimum Gasteiger partial charge on any atom is -0.258 e. The van der Waals surface area contributed by atoms with Crippen molar-refractivity contribution in [2.45, 2.75) is 22.8 Å². The van der Waals surface area contributed by atoms with E-state index in [9.17, 15) is 26.9 Å². The highest BCUT2D eigenvalue weighted by atomic mass is 32.2. The van der Waals surface area contributed by atoms with E-state index < -0.39 is 30.8 Å². The Labute approximate surface area is 145 Å². The molecule has 0 aliphatic rings. The van der Waals surface area contributed by atoms with Gasteiger partial charge in [0.05, 0.1) is 14.7 Å². The molecule has 0 aliphatic carbocycles. The van der Waals surface area contributed by atoms with Crippen LogP contribution < -0.4 is 4.72 Å². The predicted molar refractivity (Wildman–Crippen MR) is 91.4 cm³/mol. The van der Waals surface area contributed by atoms with Gasteiger partial charge in [-0.3, -0.25) is 10.1 Å². The second-order valence-corrected chi connectivity index (χ2v) is 9.17. The van der Waals surface area contributed by atoms with Crippen LogP contribution in [0.4, 0.5) is 5.69 Å². The van der Waals surface area contributed by atoms with Gasteiger partial charge >= 0.3 is 0 Å². The second-order valence-electron chi connectivity index (χ2n) is 5.44. The summed E-state index contributed by atoms with van der Waals surface area (Å²) in [5.41, 5.74) is 0.231. The maximum Gasteiger partial charge on any atom is 0.270 e. The molecule has 134 valence electrons. The molecular formula is C15H16N2O6S2. The molecule has 0 heterocycles. The average molecular weight is 384 g/mol. The first-order chi connectivity index (χ1) is 11.5. The summed E-state index contributed by atoms with van der Waals surface area (Å²) in [5, 5.41) is 10.8. The summed E-state index contributed by atoms with van der Waals surface area (Å²) in [4.78, 5) is 10.0. The molecular weight excluding hydrogens is 368 g/mol. The van der Waals surface area contributed by atoms with Gasteiger partial charge in [-0.2, -0.15) is 0 Å². The predicted octanol–water partition coefficient (Wildman–Crippen LogP) is 2.04. The fourth-order valence-corrected chi connectivity index (χ4v) is 4.04. The molecule has 1 atom stereocenters. The zero-order valence-electron chi connectivity index (χ0n) is 13.4. The first-order valence-corrected chi connectivity index (χ1v) is 10.4. The van der Waals surface area contributed by atoms with Crippen molar-refractivity contribution in [3.8, 4) is 0 Å². The van der Waals surface area contributed by atoms with E-state index >= 15 is 0 Å². The summed E-state index contributed by atoms with van der Waals surface area (Å²) >= 11 is 0. The monoisotopic (exact) mass is 384 g/mol. The van der Waals surface area contributed by atoms with Crippen LogP contribution in [0.25, 0.3) is 0 Å². The molecule has 2 aromatic carbocycles. The molecule has 2 rings (SSSR count). The van der Waals surface area contributed by atoms with E-state index in [0.717, 1.165) is 12.3 Å². The number of non-ortho nitro benzene ring substituents is 1. The van der Waals surface area contributed by atoms with Gasteiger partial charge in [0.1, 0.15) is 0 Å². The summed E-state index contributed by atoms with van der Waals surface area (Å²) in [5.74, 6) is 0. The van der Waals surface area contributed by atoms with Crippen molar-refractivity contribution in [2.75, 3.05) is 6.26 Å². The van der Waals surface area contributed by atoms with Gasteiger partial charge in [-0.15, -0.1) is 0 Å². The Kier molecular flexibility index (Phi) is 5.26. The minimum absolute atomic E-state index is 0.130. The normalized spacial score (nSPS) is 13.4. The number of nitrogens with one attached hydrogen (secondary N) is 1. The molecule has 0 saturated carbocycles. The fraction of sp³-hybridized carbons (Fsp3) is 0.200. The molecule has 0 bridgehead atoms. The van der Waals surface area contributed by atoms with Crippen LogP contribution >= 0.6 is 0 Å². The topological polar surface area (TPSA) is 123 Å². The number of hydrogen-bond donors (Lipinski definition) is 1. The Morgan fingerprint density at radius 2 is 1.60 bits per heavy atom. The maximum atomic E-state index is 12.4. The van der Waals surface area contributed by atoms with E-state index in [1.165, 1.54) is 42.5 Å². The second kappa shape index (κ2) is 6.90. The Bertz CT molecular complexity index is 999. The highest BCUT2D eigenvalue weighted by molar-refractivity contribution is 7.90. The van der Waals surface area contributed by atoms with Crippen LogP contribution in [0.1, 0.15) is 18.5 Å². The number of sulfonamides is 1. The molecule has 0 unspecified atom stereocenters. The maximum absolute atomic E-state index is 12.4. The van der Waals surface area contributed by atoms with Crippen LogP contribution in [-0.4, -0.2) is 28.0 Å². The largest absolute Gasteiger partial charge is 0.270 e. The highest BCUT2D eigenvalue weighted by Gasteiger charge is 2.21. The van der Waals surface area contributed by atoms with Crippen LogP contribution in [0.15, 0.2) is 58.3 Å². The van der Waals surface area contributed by atoms with Gasteiger partial charge in [-0.25, -0.2) is 21.6 Å². The quantitative estimate of drug-likeness (QED) is 0.600. The van der Waals surface area contributed by atoms with E-state index in [2.05, 4.69) is 4.72 Å². The molecule has 2 aromatic rings. The average Bonchev–Trinajstić information content (AvgIpc) is 2.54. The number of nitrogens with zero attached hydrogens (tertiary/aromatic N) is 1. The smallest absolute Gasteiger partial charge is 0.258 e. The van der Waals surface area contributed by atoms with Gasteiger partial charge in [0.25, 0.3) is 5.69 Å². The van der Waals surface area contributed by atoms with E-state index in [0.29, 0.717) is 5.56 Å². The number of sulfone groups is 1. The van der Waals surface area contributed by atoms with Gasteiger partial charge < -0.3 is 0 Å². The summed E-state index contributed by atoms with van der Waals surface area (Å²) in [6.07, 6.45) is 1.08. The van der Waals surface area contributed by atoms with Crippen LogP contribution in [0, 0.1) is 10.1 Å². The third-order valence-electron chi connectivity index (χ3n) is 3.48. The van der Waals surface area contributed by atoms with Crippen molar-refractivity contribution in [2.24, 2.45) is 0 Å². The number of nitro groups is 1. The SMILES string of the molecule is C[C@H](NS(=O)(=O)c1cccc([N+](=O)[O-])c1)c1ccc(S(C)(=O)=O)cc1. The van der Waals surface area contributed by atoms with Crippen LogP contribution in [0.5, 0.6) is 0 Å². The number of hydrogen-bond acceptors (Lipinski definition) is 6. The lowest BCUT2D eigenvalue weighted by Crippen LogP contribution is -2.27.